The zero-order valence-corrected chi connectivity index (χ0v) is 12.3. The van der Waals surface area contributed by atoms with Crippen LogP contribution in [0, 0.1) is 5.82 Å². The normalized spacial score (nSPS) is 18.7. The van der Waals surface area contributed by atoms with Crippen LogP contribution >= 0.6 is 0 Å². The van der Waals surface area contributed by atoms with E-state index in [0.717, 1.165) is 36.6 Å². The van der Waals surface area contributed by atoms with Crippen LogP contribution < -0.4 is 0 Å². The average Bonchev–Trinajstić information content (AvgIpc) is 2.83. The first-order valence-electron chi connectivity index (χ1n) is 7.01. The second kappa shape index (κ2) is 5.91. The van der Waals surface area contributed by atoms with Crippen molar-refractivity contribution in [2.24, 2.45) is 7.05 Å². The monoisotopic (exact) mass is 290 g/mol. The Morgan fingerprint density at radius 2 is 2.10 bits per heavy atom. The van der Waals surface area contributed by atoms with Gasteiger partial charge in [0.15, 0.2) is 0 Å². The smallest absolute Gasteiger partial charge is 0.123 e. The van der Waals surface area contributed by atoms with Crippen LogP contribution in [0.2, 0.25) is 0 Å². The lowest BCUT2D eigenvalue weighted by molar-refractivity contribution is 0.132. The number of aromatic nitrogens is 3. The molecule has 2 aromatic rings. The molecule has 3 rings (SSSR count). The number of hydrogen-bond acceptors (Lipinski definition) is 4. The van der Waals surface area contributed by atoms with Gasteiger partial charge in [-0.2, -0.15) is 0 Å². The number of ether oxygens (including phenoxy) is 1. The molecule has 21 heavy (non-hydrogen) atoms. The largest absolute Gasteiger partial charge is 0.384 e. The fraction of sp³-hybridized carbons (Fsp3) is 0.467. The Morgan fingerprint density at radius 1 is 1.33 bits per heavy atom. The fourth-order valence-corrected chi connectivity index (χ4v) is 3.00. The zero-order chi connectivity index (χ0) is 14.8. The van der Waals surface area contributed by atoms with Crippen LogP contribution in [0.1, 0.15) is 22.9 Å². The van der Waals surface area contributed by atoms with E-state index in [1.165, 1.54) is 12.1 Å². The van der Waals surface area contributed by atoms with Gasteiger partial charge in [0.2, 0.25) is 0 Å². The minimum absolute atomic E-state index is 0.203. The summed E-state index contributed by atoms with van der Waals surface area (Å²) in [5, 5.41) is 8.37. The summed E-state index contributed by atoms with van der Waals surface area (Å²) in [6.07, 6.45) is 0. The molecule has 0 fully saturated rings. The van der Waals surface area contributed by atoms with E-state index in [4.69, 9.17) is 4.74 Å². The molecule has 2 heterocycles. The van der Waals surface area contributed by atoms with Crippen molar-refractivity contribution in [1.82, 2.24) is 19.9 Å². The maximum absolute atomic E-state index is 13.0. The summed E-state index contributed by atoms with van der Waals surface area (Å²) in [4.78, 5) is 2.30. The number of methoxy groups -OCH3 is 1. The van der Waals surface area contributed by atoms with Gasteiger partial charge in [0, 0.05) is 39.7 Å². The molecule has 1 atom stereocenters. The molecule has 1 aromatic carbocycles. The molecule has 0 bridgehead atoms. The highest BCUT2D eigenvalue weighted by Crippen LogP contribution is 2.27. The van der Waals surface area contributed by atoms with Crippen molar-refractivity contribution < 1.29 is 9.13 Å². The number of halogens is 1. The molecular formula is C15H19FN4O. The summed E-state index contributed by atoms with van der Waals surface area (Å²) in [5.41, 5.74) is 3.26. The summed E-state index contributed by atoms with van der Waals surface area (Å²) in [6, 6.07) is 6.65. The van der Waals surface area contributed by atoms with Crippen LogP contribution in [0.3, 0.4) is 0 Å². The first-order chi connectivity index (χ1) is 10.2. The number of benzene rings is 1. The van der Waals surface area contributed by atoms with Crippen molar-refractivity contribution in [3.63, 3.8) is 0 Å². The Labute approximate surface area is 123 Å². The molecule has 0 saturated carbocycles. The van der Waals surface area contributed by atoms with Crippen LogP contribution in [0.25, 0.3) is 0 Å². The van der Waals surface area contributed by atoms with Gasteiger partial charge < -0.3 is 4.74 Å². The van der Waals surface area contributed by atoms with Crippen LogP contribution in [-0.4, -0.2) is 40.2 Å². The summed E-state index contributed by atoms with van der Waals surface area (Å²) in [6.45, 7) is 3.07. The molecule has 0 N–H and O–H groups in total. The molecule has 6 heteroatoms. The lowest BCUT2D eigenvalue weighted by Crippen LogP contribution is -2.35. The topological polar surface area (TPSA) is 43.2 Å². The minimum Gasteiger partial charge on any atom is -0.384 e. The van der Waals surface area contributed by atoms with Gasteiger partial charge >= 0.3 is 0 Å². The zero-order valence-electron chi connectivity index (χ0n) is 12.3. The molecule has 0 aliphatic carbocycles. The van der Waals surface area contributed by atoms with E-state index >= 15 is 0 Å². The van der Waals surface area contributed by atoms with Crippen LogP contribution in [-0.2, 0) is 24.9 Å². The average molecular weight is 290 g/mol. The van der Waals surface area contributed by atoms with Crippen molar-refractivity contribution in [3.8, 4) is 0 Å². The molecule has 1 aromatic heterocycles. The fourth-order valence-electron chi connectivity index (χ4n) is 3.00. The molecule has 112 valence electrons. The lowest BCUT2D eigenvalue weighted by atomic mass is 9.98. The Hall–Kier alpha value is -1.79. The SMILES string of the molecule is COC[C@@H]1CN(Cc2ccc(F)cc2)Cc2nnn(C)c21. The minimum atomic E-state index is -0.203. The van der Waals surface area contributed by atoms with Gasteiger partial charge in [-0.3, -0.25) is 9.58 Å². The highest BCUT2D eigenvalue weighted by molar-refractivity contribution is 5.21. The molecule has 0 saturated heterocycles. The quantitative estimate of drug-likeness (QED) is 0.859. The number of fused-ring (bicyclic) bond motifs is 1. The van der Waals surface area contributed by atoms with Gasteiger partial charge in [-0.05, 0) is 17.7 Å². The lowest BCUT2D eigenvalue weighted by Gasteiger charge is -2.31. The first kappa shape index (κ1) is 14.2. The van der Waals surface area contributed by atoms with E-state index in [1.54, 1.807) is 7.11 Å². The molecule has 0 spiro atoms. The molecule has 1 aliphatic heterocycles. The number of hydrogen-bond donors (Lipinski definition) is 0. The highest BCUT2D eigenvalue weighted by atomic mass is 19.1. The molecule has 1 aliphatic rings. The van der Waals surface area contributed by atoms with Crippen LogP contribution in [0.5, 0.6) is 0 Å². The first-order valence-corrected chi connectivity index (χ1v) is 7.01. The van der Waals surface area contributed by atoms with E-state index in [-0.39, 0.29) is 11.7 Å². The third-order valence-corrected chi connectivity index (χ3v) is 3.87. The number of aryl methyl sites for hydroxylation is 1. The summed E-state index contributed by atoms with van der Waals surface area (Å²) in [5.74, 6) is 0.0602. The predicted octanol–water partition coefficient (Wildman–Crippen LogP) is 1.70. The molecule has 0 unspecified atom stereocenters. The molecule has 5 nitrogen and oxygen atoms in total. The second-order valence-electron chi connectivity index (χ2n) is 5.49. The van der Waals surface area contributed by atoms with Gasteiger partial charge in [0.25, 0.3) is 0 Å². The summed E-state index contributed by atoms with van der Waals surface area (Å²) >= 11 is 0. The predicted molar refractivity (Wildman–Crippen MR) is 76.1 cm³/mol. The van der Waals surface area contributed by atoms with E-state index < -0.39 is 0 Å². The van der Waals surface area contributed by atoms with E-state index in [9.17, 15) is 4.39 Å². The third-order valence-electron chi connectivity index (χ3n) is 3.87. The molecular weight excluding hydrogens is 271 g/mol. The van der Waals surface area contributed by atoms with E-state index in [1.807, 2.05) is 23.9 Å². The van der Waals surface area contributed by atoms with Gasteiger partial charge in [-0.15, -0.1) is 5.10 Å². The molecule has 0 radical (unpaired) electrons. The standard InChI is InChI=1S/C15H19FN4O/c1-19-15-12(10-21-2)8-20(9-14(15)17-18-19)7-11-3-5-13(16)6-4-11/h3-6,12H,7-10H2,1-2H3/t12-/m0/s1. The van der Waals surface area contributed by atoms with Crippen LogP contribution in [0.4, 0.5) is 4.39 Å². The van der Waals surface area contributed by atoms with Crippen LogP contribution in [0.15, 0.2) is 24.3 Å². The number of rotatable bonds is 4. The maximum atomic E-state index is 13.0. The maximum Gasteiger partial charge on any atom is 0.123 e. The Kier molecular flexibility index (Phi) is 3.98. The number of nitrogens with zero attached hydrogens (tertiary/aromatic N) is 4. The van der Waals surface area contributed by atoms with E-state index in [2.05, 4.69) is 15.2 Å². The van der Waals surface area contributed by atoms with Crippen molar-refractivity contribution in [3.05, 3.63) is 47.0 Å². The summed E-state index contributed by atoms with van der Waals surface area (Å²) < 4.78 is 20.1. The second-order valence-corrected chi connectivity index (χ2v) is 5.49. The summed E-state index contributed by atoms with van der Waals surface area (Å²) in [7, 11) is 3.63. The Morgan fingerprint density at radius 3 is 2.81 bits per heavy atom. The van der Waals surface area contributed by atoms with Crippen molar-refractivity contribution >= 4 is 0 Å². The highest BCUT2D eigenvalue weighted by Gasteiger charge is 2.29. The third kappa shape index (κ3) is 2.96. The van der Waals surface area contributed by atoms with Crippen molar-refractivity contribution in [2.75, 3.05) is 20.3 Å². The van der Waals surface area contributed by atoms with Crippen molar-refractivity contribution in [1.29, 1.82) is 0 Å². The Bertz CT molecular complexity index is 611. The van der Waals surface area contributed by atoms with Gasteiger partial charge in [-0.25, -0.2) is 4.39 Å². The van der Waals surface area contributed by atoms with Gasteiger partial charge in [0.1, 0.15) is 11.5 Å². The Balaban J connectivity index is 1.78. The van der Waals surface area contributed by atoms with E-state index in [0.29, 0.717) is 6.61 Å². The van der Waals surface area contributed by atoms with Gasteiger partial charge in [-0.1, -0.05) is 17.3 Å². The van der Waals surface area contributed by atoms with Gasteiger partial charge in [0.05, 0.1) is 12.3 Å². The molecule has 0 amide bonds. The van der Waals surface area contributed by atoms with Crippen molar-refractivity contribution in [2.45, 2.75) is 19.0 Å².